The van der Waals surface area contributed by atoms with Crippen molar-refractivity contribution in [3.05, 3.63) is 0 Å². The zero-order valence-electron chi connectivity index (χ0n) is 9.99. The summed E-state index contributed by atoms with van der Waals surface area (Å²) in [6.45, 7) is 11.5. The minimum absolute atomic E-state index is 0.0281. The van der Waals surface area contributed by atoms with Gasteiger partial charge in [0.1, 0.15) is 12.7 Å². The van der Waals surface area contributed by atoms with Gasteiger partial charge in [-0.2, -0.15) is 0 Å². The maximum atomic E-state index is 10.7. The number of hydrogen-bond acceptors (Lipinski definition) is 3. The SMILES string of the molecule is CC[N+](CC)(CC)CCC1COC(=O)O1. The molecule has 0 saturated carbocycles. The number of nitrogens with zero attached hydrogens (tertiary/aromatic N) is 1. The van der Waals surface area contributed by atoms with Crippen molar-refractivity contribution in [3.63, 3.8) is 0 Å². The van der Waals surface area contributed by atoms with Gasteiger partial charge < -0.3 is 14.0 Å². The van der Waals surface area contributed by atoms with Crippen LogP contribution in [0.2, 0.25) is 0 Å². The molecule has 0 aromatic heterocycles. The molecule has 0 bridgehead atoms. The first-order valence-electron chi connectivity index (χ1n) is 5.84. The van der Waals surface area contributed by atoms with Crippen molar-refractivity contribution in [2.45, 2.75) is 33.3 Å². The largest absolute Gasteiger partial charge is 0.508 e. The van der Waals surface area contributed by atoms with E-state index in [0.717, 1.165) is 37.1 Å². The van der Waals surface area contributed by atoms with Gasteiger partial charge in [-0.15, -0.1) is 0 Å². The van der Waals surface area contributed by atoms with E-state index in [2.05, 4.69) is 20.8 Å². The van der Waals surface area contributed by atoms with E-state index in [-0.39, 0.29) is 6.10 Å². The molecule has 4 heteroatoms. The molecule has 88 valence electrons. The maximum absolute atomic E-state index is 10.7. The van der Waals surface area contributed by atoms with E-state index in [4.69, 9.17) is 9.47 Å². The van der Waals surface area contributed by atoms with Crippen molar-refractivity contribution in [1.29, 1.82) is 0 Å². The summed E-state index contributed by atoms with van der Waals surface area (Å²) in [6, 6.07) is 0. The molecule has 1 fully saturated rings. The number of ether oxygens (including phenoxy) is 2. The van der Waals surface area contributed by atoms with Crippen LogP contribution >= 0.6 is 0 Å². The van der Waals surface area contributed by atoms with Crippen molar-refractivity contribution >= 4 is 6.16 Å². The lowest BCUT2D eigenvalue weighted by atomic mass is 10.2. The summed E-state index contributed by atoms with van der Waals surface area (Å²) in [6.07, 6.45) is 0.364. The van der Waals surface area contributed by atoms with E-state index in [1.807, 2.05) is 0 Å². The lowest BCUT2D eigenvalue weighted by Crippen LogP contribution is -2.49. The Morgan fingerprint density at radius 2 is 1.87 bits per heavy atom. The first kappa shape index (κ1) is 12.3. The monoisotopic (exact) mass is 216 g/mol. The average molecular weight is 216 g/mol. The number of hydrogen-bond donors (Lipinski definition) is 0. The highest BCUT2D eigenvalue weighted by molar-refractivity contribution is 5.61. The minimum Gasteiger partial charge on any atom is -0.430 e. The van der Waals surface area contributed by atoms with Crippen molar-refractivity contribution in [1.82, 2.24) is 0 Å². The smallest absolute Gasteiger partial charge is 0.430 e. The topological polar surface area (TPSA) is 35.5 Å². The summed E-state index contributed by atoms with van der Waals surface area (Å²) in [5.74, 6) is 0. The molecule has 1 saturated heterocycles. The molecule has 0 aromatic carbocycles. The highest BCUT2D eigenvalue weighted by Gasteiger charge is 2.29. The van der Waals surface area contributed by atoms with Gasteiger partial charge in [0.05, 0.1) is 26.2 Å². The van der Waals surface area contributed by atoms with Gasteiger partial charge in [0.15, 0.2) is 0 Å². The summed E-state index contributed by atoms with van der Waals surface area (Å²) in [5.41, 5.74) is 0. The number of cyclic esters (lactones) is 2. The van der Waals surface area contributed by atoms with Crippen LogP contribution in [0.25, 0.3) is 0 Å². The van der Waals surface area contributed by atoms with E-state index in [9.17, 15) is 4.79 Å². The van der Waals surface area contributed by atoms with E-state index < -0.39 is 6.16 Å². The van der Waals surface area contributed by atoms with E-state index in [1.165, 1.54) is 0 Å². The molecular weight excluding hydrogens is 194 g/mol. The van der Waals surface area contributed by atoms with Crippen LogP contribution in [-0.4, -0.2) is 49.5 Å². The Bertz CT molecular complexity index is 206. The van der Waals surface area contributed by atoms with Crippen molar-refractivity contribution in [3.8, 4) is 0 Å². The van der Waals surface area contributed by atoms with Crippen LogP contribution in [0, 0.1) is 0 Å². The maximum Gasteiger partial charge on any atom is 0.508 e. The van der Waals surface area contributed by atoms with Crippen LogP contribution in [0.4, 0.5) is 4.79 Å². The number of quaternary nitrogens is 1. The molecule has 0 N–H and O–H groups in total. The van der Waals surface area contributed by atoms with Crippen molar-refractivity contribution in [2.24, 2.45) is 0 Å². The Morgan fingerprint density at radius 3 is 2.27 bits per heavy atom. The van der Waals surface area contributed by atoms with E-state index in [0.29, 0.717) is 6.61 Å². The van der Waals surface area contributed by atoms with Crippen LogP contribution in [0.1, 0.15) is 27.2 Å². The summed E-state index contributed by atoms with van der Waals surface area (Å²) in [7, 11) is 0. The quantitative estimate of drug-likeness (QED) is 0.501. The van der Waals surface area contributed by atoms with Crippen molar-refractivity contribution < 1.29 is 18.8 Å². The Kier molecular flexibility index (Phi) is 4.39. The molecule has 1 atom stereocenters. The Balaban J connectivity index is 2.36. The van der Waals surface area contributed by atoms with Gasteiger partial charge in [-0.1, -0.05) is 0 Å². The Labute approximate surface area is 91.7 Å². The van der Waals surface area contributed by atoms with Crippen LogP contribution < -0.4 is 0 Å². The molecule has 1 rings (SSSR count). The van der Waals surface area contributed by atoms with Gasteiger partial charge in [0.2, 0.25) is 0 Å². The van der Waals surface area contributed by atoms with Crippen LogP contribution in [0.3, 0.4) is 0 Å². The van der Waals surface area contributed by atoms with Crippen LogP contribution in [-0.2, 0) is 9.47 Å². The van der Waals surface area contributed by atoms with Crippen molar-refractivity contribution in [2.75, 3.05) is 32.8 Å². The lowest BCUT2D eigenvalue weighted by Gasteiger charge is -2.36. The summed E-state index contributed by atoms with van der Waals surface area (Å²) in [5, 5.41) is 0. The van der Waals surface area contributed by atoms with E-state index in [1.54, 1.807) is 0 Å². The fraction of sp³-hybridized carbons (Fsp3) is 0.909. The third kappa shape index (κ3) is 3.09. The standard InChI is InChI=1S/C11H22NO3/c1-4-12(5-2,6-3)8-7-10-9-14-11(13)15-10/h10H,4-9H2,1-3H3/q+1. The second-order valence-electron chi connectivity index (χ2n) is 4.10. The molecule has 4 nitrogen and oxygen atoms in total. The third-order valence-corrected chi connectivity index (χ3v) is 3.59. The summed E-state index contributed by atoms with van der Waals surface area (Å²) < 4.78 is 10.9. The minimum atomic E-state index is -0.511. The average Bonchev–Trinajstić information content (AvgIpc) is 2.67. The highest BCUT2D eigenvalue weighted by atomic mass is 16.8. The first-order chi connectivity index (χ1) is 7.15. The molecule has 1 heterocycles. The van der Waals surface area contributed by atoms with Crippen LogP contribution in [0.15, 0.2) is 0 Å². The summed E-state index contributed by atoms with van der Waals surface area (Å²) in [4.78, 5) is 10.7. The second-order valence-corrected chi connectivity index (χ2v) is 4.10. The molecule has 0 amide bonds. The predicted octanol–water partition coefficient (Wildman–Crippen LogP) is 1.79. The predicted molar refractivity (Wildman–Crippen MR) is 57.6 cm³/mol. The fourth-order valence-corrected chi connectivity index (χ4v) is 2.07. The normalized spacial score (nSPS) is 21.3. The van der Waals surface area contributed by atoms with Gasteiger partial charge in [0.25, 0.3) is 0 Å². The van der Waals surface area contributed by atoms with Gasteiger partial charge >= 0.3 is 6.16 Å². The van der Waals surface area contributed by atoms with E-state index >= 15 is 0 Å². The second kappa shape index (κ2) is 5.35. The Morgan fingerprint density at radius 1 is 1.27 bits per heavy atom. The zero-order chi connectivity index (χ0) is 11.3. The van der Waals surface area contributed by atoms with Gasteiger partial charge in [-0.3, -0.25) is 0 Å². The van der Waals surface area contributed by atoms with Gasteiger partial charge in [-0.25, -0.2) is 4.79 Å². The number of carbonyl (C=O) groups is 1. The Hall–Kier alpha value is -0.770. The zero-order valence-corrected chi connectivity index (χ0v) is 9.99. The number of rotatable bonds is 6. The molecule has 1 unspecified atom stereocenters. The molecule has 0 radical (unpaired) electrons. The number of carbonyl (C=O) groups excluding carboxylic acids is 1. The highest BCUT2D eigenvalue weighted by Crippen LogP contribution is 2.14. The first-order valence-corrected chi connectivity index (χ1v) is 5.84. The summed E-state index contributed by atoms with van der Waals surface area (Å²) >= 11 is 0. The molecule has 0 aromatic rings. The molecule has 1 aliphatic rings. The lowest BCUT2D eigenvalue weighted by molar-refractivity contribution is -0.923. The molecular formula is C11H22NO3+. The molecule has 0 spiro atoms. The molecule has 0 aliphatic carbocycles. The van der Waals surface area contributed by atoms with Crippen LogP contribution in [0.5, 0.6) is 0 Å². The molecule has 1 aliphatic heterocycles. The third-order valence-electron chi connectivity index (χ3n) is 3.59. The fourth-order valence-electron chi connectivity index (χ4n) is 2.07. The van der Waals surface area contributed by atoms with Gasteiger partial charge in [-0.05, 0) is 20.8 Å². The van der Waals surface area contributed by atoms with Gasteiger partial charge in [0, 0.05) is 6.42 Å². The molecule has 15 heavy (non-hydrogen) atoms.